The van der Waals surface area contributed by atoms with Crippen LogP contribution in [0.2, 0.25) is 0 Å². The van der Waals surface area contributed by atoms with Gasteiger partial charge in [-0.2, -0.15) is 0 Å². The Hall–Kier alpha value is -3.15. The van der Waals surface area contributed by atoms with Gasteiger partial charge in [0.1, 0.15) is 11.5 Å². The highest BCUT2D eigenvalue weighted by Gasteiger charge is 2.13. The van der Waals surface area contributed by atoms with Gasteiger partial charge in [0, 0.05) is 24.2 Å². The summed E-state index contributed by atoms with van der Waals surface area (Å²) in [6, 6.07) is 15.2. The van der Waals surface area contributed by atoms with Crippen molar-refractivity contribution in [3.8, 4) is 11.3 Å². The van der Waals surface area contributed by atoms with E-state index in [1.807, 2.05) is 49.4 Å². The Morgan fingerprint density at radius 2 is 1.93 bits per heavy atom. The zero-order chi connectivity index (χ0) is 19.3. The highest BCUT2D eigenvalue weighted by Crippen LogP contribution is 2.21. The molecule has 1 amide bonds. The molecule has 1 fully saturated rings. The fraction of sp³-hybridized carbons (Fsp3) is 0.318. The van der Waals surface area contributed by atoms with Crippen molar-refractivity contribution < 1.29 is 9.21 Å². The van der Waals surface area contributed by atoms with Crippen LogP contribution < -0.4 is 10.2 Å². The van der Waals surface area contributed by atoms with E-state index in [1.54, 1.807) is 6.07 Å². The Kier molecular flexibility index (Phi) is 5.37. The quantitative estimate of drug-likeness (QED) is 0.730. The average Bonchev–Trinajstić information content (AvgIpc) is 3.18. The molecule has 2 aromatic heterocycles. The number of furan rings is 1. The summed E-state index contributed by atoms with van der Waals surface area (Å²) in [6.45, 7) is 4.32. The predicted octanol–water partition coefficient (Wildman–Crippen LogP) is 3.97. The van der Waals surface area contributed by atoms with E-state index in [-0.39, 0.29) is 5.91 Å². The molecule has 0 radical (unpaired) electrons. The van der Waals surface area contributed by atoms with Crippen LogP contribution in [0.1, 0.15) is 41.1 Å². The molecule has 6 heteroatoms. The largest absolute Gasteiger partial charge is 0.465 e. The van der Waals surface area contributed by atoms with Gasteiger partial charge in [-0.15, -0.1) is 10.2 Å². The number of nitrogens with zero attached hydrogens (tertiary/aromatic N) is 3. The molecule has 1 aliphatic rings. The zero-order valence-corrected chi connectivity index (χ0v) is 16.0. The number of benzene rings is 1. The highest BCUT2D eigenvalue weighted by molar-refractivity contribution is 5.95. The number of aromatic nitrogens is 2. The maximum Gasteiger partial charge on any atom is 0.251 e. The van der Waals surface area contributed by atoms with Gasteiger partial charge >= 0.3 is 0 Å². The standard InChI is InChI=1S/C22H24N4O2/c1-16-8-9-19(28-16)15-23-22(27)18-7-5-6-17(14-18)20-10-11-21(25-24-20)26-12-3-2-4-13-26/h5-11,14H,2-4,12-13,15H2,1H3,(H,23,27). The van der Waals surface area contributed by atoms with Crippen LogP contribution in [0.3, 0.4) is 0 Å². The highest BCUT2D eigenvalue weighted by atomic mass is 16.3. The molecule has 1 N–H and O–H groups in total. The molecule has 6 nitrogen and oxygen atoms in total. The van der Waals surface area contributed by atoms with Crippen molar-refractivity contribution in [3.63, 3.8) is 0 Å². The van der Waals surface area contributed by atoms with E-state index in [2.05, 4.69) is 20.4 Å². The Bertz CT molecular complexity index is 943. The summed E-state index contributed by atoms with van der Waals surface area (Å²) in [6.07, 6.45) is 3.70. The minimum absolute atomic E-state index is 0.145. The van der Waals surface area contributed by atoms with Gasteiger partial charge in [-0.05, 0) is 62.6 Å². The molecule has 1 aliphatic heterocycles. The van der Waals surface area contributed by atoms with Gasteiger partial charge in [-0.3, -0.25) is 4.79 Å². The van der Waals surface area contributed by atoms with Crippen LogP contribution in [-0.4, -0.2) is 29.2 Å². The number of rotatable bonds is 5. The fourth-order valence-electron chi connectivity index (χ4n) is 3.44. The second kappa shape index (κ2) is 8.25. The van der Waals surface area contributed by atoms with Crippen molar-refractivity contribution >= 4 is 11.7 Å². The Labute approximate surface area is 164 Å². The molecule has 3 heterocycles. The first-order valence-corrected chi connectivity index (χ1v) is 9.72. The van der Waals surface area contributed by atoms with Gasteiger partial charge < -0.3 is 14.6 Å². The molecule has 4 rings (SSSR count). The second-order valence-electron chi connectivity index (χ2n) is 7.10. The molecule has 28 heavy (non-hydrogen) atoms. The van der Waals surface area contributed by atoms with Crippen molar-refractivity contribution in [2.75, 3.05) is 18.0 Å². The summed E-state index contributed by atoms with van der Waals surface area (Å²) in [7, 11) is 0. The number of anilines is 1. The lowest BCUT2D eigenvalue weighted by Gasteiger charge is -2.27. The number of hydrogen-bond acceptors (Lipinski definition) is 5. The first kappa shape index (κ1) is 18.2. The fourth-order valence-corrected chi connectivity index (χ4v) is 3.44. The van der Waals surface area contributed by atoms with E-state index in [4.69, 9.17) is 4.42 Å². The minimum atomic E-state index is -0.145. The number of piperidine rings is 1. The number of nitrogens with one attached hydrogen (secondary N) is 1. The van der Waals surface area contributed by atoms with E-state index in [0.717, 1.165) is 41.7 Å². The van der Waals surface area contributed by atoms with Crippen LogP contribution in [0.4, 0.5) is 5.82 Å². The van der Waals surface area contributed by atoms with Crippen molar-refractivity contribution in [2.45, 2.75) is 32.7 Å². The number of carbonyl (C=O) groups excluding carboxylic acids is 1. The smallest absolute Gasteiger partial charge is 0.251 e. The third-order valence-electron chi connectivity index (χ3n) is 4.97. The molecule has 3 aromatic rings. The lowest BCUT2D eigenvalue weighted by atomic mass is 10.1. The summed E-state index contributed by atoms with van der Waals surface area (Å²) in [5.74, 6) is 2.35. The van der Waals surface area contributed by atoms with E-state index >= 15 is 0 Å². The summed E-state index contributed by atoms with van der Waals surface area (Å²) in [5, 5.41) is 11.7. The first-order chi connectivity index (χ1) is 13.7. The number of hydrogen-bond donors (Lipinski definition) is 1. The molecule has 0 bridgehead atoms. The summed E-state index contributed by atoms with van der Waals surface area (Å²) >= 11 is 0. The van der Waals surface area contributed by atoms with E-state index in [1.165, 1.54) is 19.3 Å². The summed E-state index contributed by atoms with van der Waals surface area (Å²) in [5.41, 5.74) is 2.22. The minimum Gasteiger partial charge on any atom is -0.465 e. The number of amides is 1. The normalized spacial score (nSPS) is 14.1. The number of carbonyl (C=O) groups is 1. The Morgan fingerprint density at radius 1 is 1.07 bits per heavy atom. The van der Waals surface area contributed by atoms with Crippen LogP contribution in [0, 0.1) is 6.92 Å². The van der Waals surface area contributed by atoms with Crippen LogP contribution in [-0.2, 0) is 6.54 Å². The molecular formula is C22H24N4O2. The molecule has 0 atom stereocenters. The molecular weight excluding hydrogens is 352 g/mol. The zero-order valence-electron chi connectivity index (χ0n) is 16.0. The van der Waals surface area contributed by atoms with Crippen LogP contribution in [0.5, 0.6) is 0 Å². The van der Waals surface area contributed by atoms with E-state index in [9.17, 15) is 4.79 Å². The molecule has 0 spiro atoms. The molecule has 0 unspecified atom stereocenters. The maximum absolute atomic E-state index is 12.5. The van der Waals surface area contributed by atoms with Gasteiger partial charge in [-0.25, -0.2) is 0 Å². The van der Waals surface area contributed by atoms with Gasteiger partial charge in [0.05, 0.1) is 12.2 Å². The van der Waals surface area contributed by atoms with E-state index < -0.39 is 0 Å². The van der Waals surface area contributed by atoms with E-state index in [0.29, 0.717) is 12.1 Å². The van der Waals surface area contributed by atoms with Crippen molar-refractivity contribution in [3.05, 3.63) is 65.6 Å². The predicted molar refractivity (Wildman–Crippen MR) is 108 cm³/mol. The topological polar surface area (TPSA) is 71.3 Å². The van der Waals surface area contributed by atoms with Crippen molar-refractivity contribution in [2.24, 2.45) is 0 Å². The van der Waals surface area contributed by atoms with Crippen LogP contribution in [0.15, 0.2) is 52.9 Å². The summed E-state index contributed by atoms with van der Waals surface area (Å²) < 4.78 is 5.49. The molecule has 144 valence electrons. The van der Waals surface area contributed by atoms with Crippen molar-refractivity contribution in [1.29, 1.82) is 0 Å². The number of aryl methyl sites for hydroxylation is 1. The molecule has 0 aliphatic carbocycles. The van der Waals surface area contributed by atoms with Crippen LogP contribution >= 0.6 is 0 Å². The first-order valence-electron chi connectivity index (χ1n) is 9.72. The van der Waals surface area contributed by atoms with Gasteiger partial charge in [0.25, 0.3) is 5.91 Å². The Balaban J connectivity index is 1.44. The third kappa shape index (κ3) is 4.22. The maximum atomic E-state index is 12.5. The molecule has 1 saturated heterocycles. The van der Waals surface area contributed by atoms with Gasteiger partial charge in [-0.1, -0.05) is 12.1 Å². The van der Waals surface area contributed by atoms with Crippen LogP contribution in [0.25, 0.3) is 11.3 Å². The summed E-state index contributed by atoms with van der Waals surface area (Å²) in [4.78, 5) is 14.8. The van der Waals surface area contributed by atoms with Gasteiger partial charge in [0.15, 0.2) is 5.82 Å². The lowest BCUT2D eigenvalue weighted by molar-refractivity contribution is 0.0948. The lowest BCUT2D eigenvalue weighted by Crippen LogP contribution is -2.30. The monoisotopic (exact) mass is 376 g/mol. The molecule has 1 aromatic carbocycles. The Morgan fingerprint density at radius 3 is 2.64 bits per heavy atom. The SMILES string of the molecule is Cc1ccc(CNC(=O)c2cccc(-c3ccc(N4CCCCC4)nn3)c2)o1. The average molecular weight is 376 g/mol. The van der Waals surface area contributed by atoms with Gasteiger partial charge in [0.2, 0.25) is 0 Å². The molecule has 0 saturated carbocycles. The third-order valence-corrected chi connectivity index (χ3v) is 4.97. The second-order valence-corrected chi connectivity index (χ2v) is 7.10. The van der Waals surface area contributed by atoms with Crippen molar-refractivity contribution in [1.82, 2.24) is 15.5 Å².